The van der Waals surface area contributed by atoms with Gasteiger partial charge in [-0.1, -0.05) is 41.4 Å². The second-order valence-corrected chi connectivity index (χ2v) is 5.03. The van der Waals surface area contributed by atoms with Crippen molar-refractivity contribution >= 4 is 11.1 Å². The lowest BCUT2D eigenvalue weighted by molar-refractivity contribution is 0.0567. The van der Waals surface area contributed by atoms with Crippen LogP contribution in [0.25, 0.3) is 0 Å². The molecule has 0 amide bonds. The molecule has 84 valence electrons. The van der Waals surface area contributed by atoms with Gasteiger partial charge in [0.1, 0.15) is 0 Å². The summed E-state index contributed by atoms with van der Waals surface area (Å²) in [5.74, 6) is -0.454. The quantitative estimate of drug-likeness (QED) is 0.791. The molecule has 3 nitrogen and oxygen atoms in total. The van der Waals surface area contributed by atoms with E-state index < -0.39 is 22.6 Å². The molecule has 0 aromatic heterocycles. The van der Waals surface area contributed by atoms with Gasteiger partial charge in [-0.25, -0.2) is 0 Å². The van der Waals surface area contributed by atoms with Gasteiger partial charge in [-0.15, -0.1) is 0 Å². The minimum absolute atomic E-state index is 0.0620. The first kappa shape index (κ1) is 12.4. The zero-order valence-electron chi connectivity index (χ0n) is 8.84. The predicted molar refractivity (Wildman–Crippen MR) is 59.3 cm³/mol. The molecule has 1 aromatic carbocycles. The van der Waals surface area contributed by atoms with Gasteiger partial charge in [0.2, 0.25) is 0 Å². The van der Waals surface area contributed by atoms with Gasteiger partial charge in [-0.05, 0) is 19.4 Å². The maximum Gasteiger partial charge on any atom is 0.0668 e. The van der Waals surface area contributed by atoms with Crippen molar-refractivity contribution < 1.29 is 13.9 Å². The lowest BCUT2D eigenvalue weighted by Crippen LogP contribution is -2.32. The van der Waals surface area contributed by atoms with Gasteiger partial charge in [0.05, 0.1) is 5.60 Å². The Kier molecular flexibility index (Phi) is 4.02. The van der Waals surface area contributed by atoms with E-state index in [1.807, 2.05) is 30.3 Å². The fourth-order valence-electron chi connectivity index (χ4n) is 1.53. The maximum absolute atomic E-state index is 10.7. The zero-order valence-corrected chi connectivity index (χ0v) is 9.66. The number of hydrogen-bond donors (Lipinski definition) is 1. The van der Waals surface area contributed by atoms with E-state index in [1.54, 1.807) is 13.8 Å². The summed E-state index contributed by atoms with van der Waals surface area (Å²) in [6.45, 7) is 3.25. The summed E-state index contributed by atoms with van der Waals surface area (Å²) in [7, 11) is 0. The van der Waals surface area contributed by atoms with Crippen LogP contribution < -0.4 is 0 Å². The smallest absolute Gasteiger partial charge is 0.0668 e. The topological polar surface area (TPSA) is 60.4 Å². The molecule has 0 spiro atoms. The highest BCUT2D eigenvalue weighted by Gasteiger charge is 2.28. The van der Waals surface area contributed by atoms with E-state index in [1.165, 1.54) is 0 Å². The van der Waals surface area contributed by atoms with Gasteiger partial charge in [-0.2, -0.15) is 0 Å². The largest absolute Gasteiger partial charge is 0.772 e. The Morgan fingerprint density at radius 3 is 2.33 bits per heavy atom. The molecule has 0 aliphatic heterocycles. The molecular weight excluding hydrogens is 212 g/mol. The zero-order chi connectivity index (χ0) is 11.5. The van der Waals surface area contributed by atoms with Gasteiger partial charge in [-0.3, -0.25) is 4.21 Å². The van der Waals surface area contributed by atoms with E-state index in [2.05, 4.69) is 0 Å². The van der Waals surface area contributed by atoms with Crippen molar-refractivity contribution in [2.45, 2.75) is 25.4 Å². The molecule has 1 aromatic rings. The minimum Gasteiger partial charge on any atom is -0.772 e. The fraction of sp³-hybridized carbons (Fsp3) is 0.455. The minimum atomic E-state index is -2.15. The average Bonchev–Trinajstić information content (AvgIpc) is 2.14. The number of hydrogen-bond acceptors (Lipinski definition) is 3. The Balaban J connectivity index is 2.97. The molecule has 0 bridgehead atoms. The lowest BCUT2D eigenvalue weighted by atomic mass is 9.86. The van der Waals surface area contributed by atoms with Crippen LogP contribution in [0.2, 0.25) is 0 Å². The maximum atomic E-state index is 10.7. The average molecular weight is 227 g/mol. The van der Waals surface area contributed by atoms with Gasteiger partial charge >= 0.3 is 0 Å². The van der Waals surface area contributed by atoms with E-state index in [-0.39, 0.29) is 5.75 Å². The molecule has 0 fully saturated rings. The van der Waals surface area contributed by atoms with Crippen molar-refractivity contribution in [3.05, 3.63) is 35.9 Å². The number of rotatable bonds is 4. The first-order chi connectivity index (χ1) is 6.91. The molecule has 0 heterocycles. The molecule has 4 heteroatoms. The third-order valence-electron chi connectivity index (χ3n) is 2.36. The highest BCUT2D eigenvalue weighted by atomic mass is 32.2. The van der Waals surface area contributed by atoms with Crippen molar-refractivity contribution in [3.8, 4) is 0 Å². The van der Waals surface area contributed by atoms with Crippen molar-refractivity contribution in [3.63, 3.8) is 0 Å². The van der Waals surface area contributed by atoms with Crippen LogP contribution in [0.15, 0.2) is 30.3 Å². The summed E-state index contributed by atoms with van der Waals surface area (Å²) >= 11 is -2.15. The van der Waals surface area contributed by atoms with Crippen molar-refractivity contribution in [2.75, 3.05) is 5.75 Å². The normalized spacial score (nSPS) is 16.0. The Labute approximate surface area is 92.4 Å². The van der Waals surface area contributed by atoms with Crippen molar-refractivity contribution in [1.82, 2.24) is 0 Å². The van der Waals surface area contributed by atoms with E-state index in [0.29, 0.717) is 0 Å². The second-order valence-electron chi connectivity index (χ2n) is 4.09. The van der Waals surface area contributed by atoms with Crippen LogP contribution in [0.5, 0.6) is 0 Å². The van der Waals surface area contributed by atoms with Crippen LogP contribution in [0.3, 0.4) is 0 Å². The molecule has 0 aliphatic carbocycles. The van der Waals surface area contributed by atoms with Crippen LogP contribution >= 0.6 is 0 Å². The first-order valence-electron chi connectivity index (χ1n) is 4.74. The van der Waals surface area contributed by atoms with Gasteiger partial charge < -0.3 is 9.66 Å². The first-order valence-corrected chi connectivity index (χ1v) is 5.99. The highest BCUT2D eigenvalue weighted by molar-refractivity contribution is 7.79. The summed E-state index contributed by atoms with van der Waals surface area (Å²) in [5.41, 5.74) is -0.198. The van der Waals surface area contributed by atoms with Crippen LogP contribution in [0.1, 0.15) is 25.3 Å². The number of aliphatic hydroxyl groups is 1. The van der Waals surface area contributed by atoms with E-state index in [9.17, 15) is 13.9 Å². The number of benzene rings is 1. The van der Waals surface area contributed by atoms with Gasteiger partial charge in [0.25, 0.3) is 0 Å². The van der Waals surface area contributed by atoms with E-state index >= 15 is 0 Å². The third kappa shape index (κ3) is 3.74. The van der Waals surface area contributed by atoms with Crippen LogP contribution in [0, 0.1) is 0 Å². The molecular formula is C11H15O3S-. The molecule has 0 aliphatic rings. The van der Waals surface area contributed by atoms with Crippen molar-refractivity contribution in [2.24, 2.45) is 0 Å². The Hall–Kier alpha value is -0.710. The molecule has 0 radical (unpaired) electrons. The van der Waals surface area contributed by atoms with Crippen molar-refractivity contribution in [1.29, 1.82) is 0 Å². The molecule has 1 rings (SSSR count). The Morgan fingerprint density at radius 1 is 1.40 bits per heavy atom. The summed E-state index contributed by atoms with van der Waals surface area (Å²) < 4.78 is 21.4. The summed E-state index contributed by atoms with van der Waals surface area (Å²) in [4.78, 5) is 0. The lowest BCUT2D eigenvalue weighted by Gasteiger charge is -2.30. The molecule has 0 saturated carbocycles. The Bertz CT molecular complexity index is 329. The van der Waals surface area contributed by atoms with Crippen LogP contribution in [0.4, 0.5) is 0 Å². The van der Waals surface area contributed by atoms with Gasteiger partial charge in [0.15, 0.2) is 0 Å². The van der Waals surface area contributed by atoms with E-state index in [4.69, 9.17) is 0 Å². The van der Waals surface area contributed by atoms with Gasteiger partial charge in [0, 0.05) is 11.7 Å². The summed E-state index contributed by atoms with van der Waals surface area (Å²) in [6, 6.07) is 9.19. The van der Waals surface area contributed by atoms with Crippen LogP contribution in [-0.4, -0.2) is 25.2 Å². The highest BCUT2D eigenvalue weighted by Crippen LogP contribution is 2.28. The SMILES string of the molecule is CC(C)(O)C(CS(=O)[O-])c1ccccc1. The molecule has 0 saturated heterocycles. The molecule has 1 N–H and O–H groups in total. The van der Waals surface area contributed by atoms with E-state index in [0.717, 1.165) is 5.56 Å². The third-order valence-corrected chi connectivity index (χ3v) is 2.96. The predicted octanol–water partition coefficient (Wildman–Crippen LogP) is 1.42. The monoisotopic (exact) mass is 227 g/mol. The summed E-state index contributed by atoms with van der Waals surface area (Å²) in [5, 5.41) is 9.91. The summed E-state index contributed by atoms with van der Waals surface area (Å²) in [6.07, 6.45) is 0. The Morgan fingerprint density at radius 2 is 1.93 bits per heavy atom. The molecule has 15 heavy (non-hydrogen) atoms. The fourth-order valence-corrected chi connectivity index (χ4v) is 2.40. The second kappa shape index (κ2) is 4.88. The molecule has 2 unspecified atom stereocenters. The molecule has 2 atom stereocenters. The van der Waals surface area contributed by atoms with Crippen LogP contribution in [-0.2, 0) is 11.1 Å². The standard InChI is InChI=1S/C11H16O3S/c1-11(2,12)10(8-15(13)14)9-6-4-3-5-7-9/h3-7,10,12H,8H2,1-2H3,(H,13,14)/p-1.